The Labute approximate surface area is 138 Å². The zero-order valence-corrected chi connectivity index (χ0v) is 13.7. The number of carbonyl (C=O) groups excluding carboxylic acids is 1. The molecule has 0 spiro atoms. The van der Waals surface area contributed by atoms with Gasteiger partial charge in [0.05, 0.1) is 16.4 Å². The normalized spacial score (nSPS) is 18.6. The van der Waals surface area contributed by atoms with Crippen LogP contribution in [0.15, 0.2) is 47.4 Å². The summed E-state index contributed by atoms with van der Waals surface area (Å²) in [6.07, 6.45) is -1.12. The summed E-state index contributed by atoms with van der Waals surface area (Å²) in [6.45, 7) is 1.88. The summed E-state index contributed by atoms with van der Waals surface area (Å²) >= 11 is 6.08. The van der Waals surface area contributed by atoms with Gasteiger partial charge in [0.25, 0.3) is 5.91 Å². The van der Waals surface area contributed by atoms with E-state index in [0.717, 1.165) is 5.56 Å². The van der Waals surface area contributed by atoms with Gasteiger partial charge in [0.1, 0.15) is 4.90 Å². The van der Waals surface area contributed by atoms with Crippen LogP contribution in [0, 0.1) is 6.92 Å². The molecule has 1 heterocycles. The number of nitrogens with one attached hydrogen (secondary N) is 3. The minimum absolute atomic E-state index is 0.109. The highest BCUT2D eigenvalue weighted by Crippen LogP contribution is 2.27. The Kier molecular flexibility index (Phi) is 4.01. The number of fused-ring (bicyclic) bond motifs is 1. The van der Waals surface area contributed by atoms with Crippen LogP contribution in [0.25, 0.3) is 0 Å². The molecule has 1 amide bonds. The molecule has 0 saturated heterocycles. The highest BCUT2D eigenvalue weighted by Gasteiger charge is 2.33. The Morgan fingerprint density at radius 3 is 2.70 bits per heavy atom. The molecule has 0 aromatic heterocycles. The van der Waals surface area contributed by atoms with Gasteiger partial charge in [0, 0.05) is 0 Å². The van der Waals surface area contributed by atoms with Crippen molar-refractivity contribution in [3.63, 3.8) is 0 Å². The molecule has 1 aliphatic heterocycles. The molecule has 0 fully saturated rings. The van der Waals surface area contributed by atoms with Crippen LogP contribution in [-0.4, -0.2) is 20.5 Å². The van der Waals surface area contributed by atoms with Gasteiger partial charge in [-0.1, -0.05) is 29.8 Å². The lowest BCUT2D eigenvalue weighted by atomic mass is 10.2. The molecule has 0 radical (unpaired) electrons. The van der Waals surface area contributed by atoms with Crippen molar-refractivity contribution in [3.8, 4) is 0 Å². The molecule has 0 unspecified atom stereocenters. The molecular weight excluding hydrogens is 338 g/mol. The van der Waals surface area contributed by atoms with Crippen LogP contribution in [0.2, 0.25) is 5.02 Å². The second-order valence-electron chi connectivity index (χ2n) is 5.17. The first-order valence-electron chi connectivity index (χ1n) is 6.82. The number of rotatable bonds is 2. The third-order valence-corrected chi connectivity index (χ3v) is 5.19. The van der Waals surface area contributed by atoms with Gasteiger partial charge in [-0.05, 0) is 36.8 Å². The molecule has 6 nitrogen and oxygen atoms in total. The Balaban J connectivity index is 1.84. The van der Waals surface area contributed by atoms with Gasteiger partial charge in [-0.15, -0.1) is 0 Å². The lowest BCUT2D eigenvalue weighted by molar-refractivity contribution is -0.117. The molecule has 3 rings (SSSR count). The number of para-hydroxylation sites is 1. The fourth-order valence-corrected chi connectivity index (χ4v) is 3.83. The van der Waals surface area contributed by atoms with E-state index in [4.69, 9.17) is 11.6 Å². The maximum absolute atomic E-state index is 12.3. The van der Waals surface area contributed by atoms with Crippen molar-refractivity contribution in [1.82, 2.24) is 4.72 Å². The summed E-state index contributed by atoms with van der Waals surface area (Å²) in [6, 6.07) is 11.6. The minimum atomic E-state index is -3.75. The highest BCUT2D eigenvalue weighted by atomic mass is 35.5. The second-order valence-corrected chi connectivity index (χ2v) is 7.26. The summed E-state index contributed by atoms with van der Waals surface area (Å²) in [5, 5.41) is 5.86. The zero-order valence-electron chi connectivity index (χ0n) is 12.1. The number of sulfonamides is 1. The molecule has 8 heteroatoms. The SMILES string of the molecule is Cc1ccc(NC(=O)[C@@H]2Nc3ccccc3S(=O)(=O)N2)c(Cl)c1. The monoisotopic (exact) mass is 351 g/mol. The standard InChI is InChI=1S/C15H14ClN3O3S/c1-9-6-7-11(10(16)8-9)18-15(20)14-17-12-4-2-3-5-13(12)23(21,22)19-14/h2-8,14,17,19H,1H3,(H,18,20)/t14-/m1/s1. The predicted molar refractivity (Wildman–Crippen MR) is 89.0 cm³/mol. The van der Waals surface area contributed by atoms with Gasteiger partial charge >= 0.3 is 0 Å². The van der Waals surface area contributed by atoms with Crippen molar-refractivity contribution in [2.75, 3.05) is 10.6 Å². The number of halogens is 1. The van der Waals surface area contributed by atoms with E-state index in [-0.39, 0.29) is 4.90 Å². The molecule has 120 valence electrons. The summed E-state index contributed by atoms with van der Waals surface area (Å²) in [5.74, 6) is -0.547. The van der Waals surface area contributed by atoms with Crippen LogP contribution in [0.5, 0.6) is 0 Å². The Bertz CT molecular complexity index is 883. The highest BCUT2D eigenvalue weighted by molar-refractivity contribution is 7.89. The maximum atomic E-state index is 12.3. The fraction of sp³-hybridized carbons (Fsp3) is 0.133. The number of hydrogen-bond donors (Lipinski definition) is 3. The van der Waals surface area contributed by atoms with Crippen LogP contribution in [-0.2, 0) is 14.8 Å². The quantitative estimate of drug-likeness (QED) is 0.774. The molecular formula is C15H14ClN3O3S. The molecule has 2 aromatic carbocycles. The Hall–Kier alpha value is -2.09. The first-order chi connectivity index (χ1) is 10.9. The van der Waals surface area contributed by atoms with Crippen molar-refractivity contribution in [2.45, 2.75) is 18.0 Å². The van der Waals surface area contributed by atoms with Crippen LogP contribution < -0.4 is 15.4 Å². The molecule has 1 atom stereocenters. The average molecular weight is 352 g/mol. The van der Waals surface area contributed by atoms with Crippen molar-refractivity contribution < 1.29 is 13.2 Å². The van der Waals surface area contributed by atoms with Crippen LogP contribution in [0.3, 0.4) is 0 Å². The van der Waals surface area contributed by atoms with Gasteiger partial charge in [-0.2, -0.15) is 4.72 Å². The number of anilines is 2. The number of hydrogen-bond acceptors (Lipinski definition) is 4. The predicted octanol–water partition coefficient (Wildman–Crippen LogP) is 2.32. The summed E-state index contributed by atoms with van der Waals surface area (Å²) in [5.41, 5.74) is 1.75. The van der Waals surface area contributed by atoms with Gasteiger partial charge in [0.2, 0.25) is 10.0 Å². The minimum Gasteiger partial charge on any atom is -0.360 e. The largest absolute Gasteiger partial charge is 0.360 e. The van der Waals surface area contributed by atoms with E-state index < -0.39 is 22.1 Å². The van der Waals surface area contributed by atoms with Crippen molar-refractivity contribution in [1.29, 1.82) is 0 Å². The molecule has 2 aromatic rings. The van der Waals surface area contributed by atoms with E-state index in [0.29, 0.717) is 16.4 Å². The lowest BCUT2D eigenvalue weighted by Gasteiger charge is -2.27. The average Bonchev–Trinajstić information content (AvgIpc) is 2.49. The summed E-state index contributed by atoms with van der Waals surface area (Å²) < 4.78 is 26.7. The van der Waals surface area contributed by atoms with Crippen LogP contribution >= 0.6 is 11.6 Å². The molecule has 0 bridgehead atoms. The van der Waals surface area contributed by atoms with E-state index in [1.165, 1.54) is 6.07 Å². The van der Waals surface area contributed by atoms with Crippen LogP contribution in [0.1, 0.15) is 5.56 Å². The topological polar surface area (TPSA) is 87.3 Å². The molecule has 1 aliphatic rings. The van der Waals surface area contributed by atoms with Crippen molar-refractivity contribution in [3.05, 3.63) is 53.1 Å². The van der Waals surface area contributed by atoms with Gasteiger partial charge in [-0.3, -0.25) is 4.79 Å². The second kappa shape index (κ2) is 5.84. The fourth-order valence-electron chi connectivity index (χ4n) is 2.27. The first-order valence-corrected chi connectivity index (χ1v) is 8.68. The smallest absolute Gasteiger partial charge is 0.262 e. The summed E-state index contributed by atoms with van der Waals surface area (Å²) in [7, 11) is -3.75. The van der Waals surface area contributed by atoms with Gasteiger partial charge in [-0.25, -0.2) is 8.42 Å². The van der Waals surface area contributed by atoms with Crippen molar-refractivity contribution >= 4 is 38.9 Å². The van der Waals surface area contributed by atoms with Gasteiger partial charge in [0.15, 0.2) is 6.17 Å². The third kappa shape index (κ3) is 3.17. The Morgan fingerprint density at radius 1 is 1.22 bits per heavy atom. The number of aryl methyl sites for hydroxylation is 1. The summed E-state index contributed by atoms with van der Waals surface area (Å²) in [4.78, 5) is 12.5. The van der Waals surface area contributed by atoms with Crippen molar-refractivity contribution in [2.24, 2.45) is 0 Å². The molecule has 3 N–H and O–H groups in total. The number of amides is 1. The molecule has 0 saturated carbocycles. The van der Waals surface area contributed by atoms with E-state index in [2.05, 4.69) is 15.4 Å². The van der Waals surface area contributed by atoms with E-state index in [1.807, 2.05) is 6.92 Å². The first kappa shape index (κ1) is 15.8. The number of carbonyl (C=O) groups is 1. The van der Waals surface area contributed by atoms with Gasteiger partial charge < -0.3 is 10.6 Å². The van der Waals surface area contributed by atoms with E-state index >= 15 is 0 Å². The number of benzene rings is 2. The van der Waals surface area contributed by atoms with E-state index in [9.17, 15) is 13.2 Å². The maximum Gasteiger partial charge on any atom is 0.262 e. The van der Waals surface area contributed by atoms with Crippen LogP contribution in [0.4, 0.5) is 11.4 Å². The van der Waals surface area contributed by atoms with E-state index in [1.54, 1.807) is 36.4 Å². The third-order valence-electron chi connectivity index (χ3n) is 3.39. The lowest BCUT2D eigenvalue weighted by Crippen LogP contribution is -2.51. The molecule has 23 heavy (non-hydrogen) atoms. The zero-order chi connectivity index (χ0) is 16.6. The Morgan fingerprint density at radius 2 is 1.96 bits per heavy atom. The molecule has 0 aliphatic carbocycles.